The molecule has 0 bridgehead atoms. The summed E-state index contributed by atoms with van der Waals surface area (Å²) in [4.78, 5) is 15.9. The molecule has 24 heavy (non-hydrogen) atoms. The fraction of sp³-hybridized carbons (Fsp3) is 0.444. The molecule has 0 saturated carbocycles. The molecule has 0 spiro atoms. The zero-order valence-electron chi connectivity index (χ0n) is 14.4. The van der Waals surface area contributed by atoms with Gasteiger partial charge in [-0.05, 0) is 63.3 Å². The van der Waals surface area contributed by atoms with Gasteiger partial charge in [0.1, 0.15) is 17.6 Å². The molecule has 4 N–H and O–H groups in total. The van der Waals surface area contributed by atoms with Gasteiger partial charge in [-0.15, -0.1) is 0 Å². The van der Waals surface area contributed by atoms with Crippen LogP contribution in [0.15, 0.2) is 35.1 Å². The Balaban J connectivity index is 2.07. The van der Waals surface area contributed by atoms with Crippen LogP contribution in [0, 0.1) is 0 Å². The van der Waals surface area contributed by atoms with Gasteiger partial charge >= 0.3 is 5.97 Å². The number of anilines is 1. The maximum absolute atomic E-state index is 11.7. The maximum atomic E-state index is 11.7. The van der Waals surface area contributed by atoms with Gasteiger partial charge in [0.05, 0.1) is 12.3 Å². The lowest BCUT2D eigenvalue weighted by molar-refractivity contribution is -0.145. The van der Waals surface area contributed by atoms with Crippen LogP contribution in [0.1, 0.15) is 45.1 Å². The van der Waals surface area contributed by atoms with E-state index < -0.39 is 11.6 Å². The molecule has 2 rings (SSSR count). The van der Waals surface area contributed by atoms with Crippen molar-refractivity contribution in [3.8, 4) is 5.75 Å². The van der Waals surface area contributed by atoms with E-state index in [-0.39, 0.29) is 5.92 Å². The molecule has 0 saturated heterocycles. The summed E-state index contributed by atoms with van der Waals surface area (Å²) in [5.74, 6) is 0.550. The highest BCUT2D eigenvalue weighted by Crippen LogP contribution is 2.38. The molecule has 1 aromatic carbocycles. The largest absolute Gasteiger partial charge is 0.493 e. The second-order valence-electron chi connectivity index (χ2n) is 6.79. The van der Waals surface area contributed by atoms with Crippen molar-refractivity contribution in [2.75, 3.05) is 12.3 Å². The highest BCUT2D eigenvalue weighted by molar-refractivity contribution is 6.23. The fourth-order valence-electron chi connectivity index (χ4n) is 2.58. The summed E-state index contributed by atoms with van der Waals surface area (Å²) in [5, 5.41) is 0. The van der Waals surface area contributed by atoms with E-state index in [1.807, 2.05) is 39.0 Å². The van der Waals surface area contributed by atoms with Crippen LogP contribution in [0.5, 0.6) is 5.75 Å². The van der Waals surface area contributed by atoms with Gasteiger partial charge in [-0.2, -0.15) is 0 Å². The monoisotopic (exact) mass is 331 g/mol. The number of aliphatic imine (C=N–C) groups is 1. The number of carbonyl (C=O) groups excluding carboxylic acids is 1. The van der Waals surface area contributed by atoms with E-state index in [0.717, 1.165) is 17.7 Å². The Labute approximate surface area is 142 Å². The van der Waals surface area contributed by atoms with Crippen molar-refractivity contribution in [3.05, 3.63) is 35.7 Å². The number of ether oxygens (including phenoxy) is 2. The van der Waals surface area contributed by atoms with Gasteiger partial charge in [0.2, 0.25) is 0 Å². The SMILES string of the molecule is CC(C)(C)OC(=O)C=N/C(=C\N)CC1CCOc2ccc(N)cc21. The molecular formula is C18H25N3O3. The summed E-state index contributed by atoms with van der Waals surface area (Å²) < 4.78 is 10.9. The molecule has 6 nitrogen and oxygen atoms in total. The van der Waals surface area contributed by atoms with Crippen molar-refractivity contribution in [1.29, 1.82) is 0 Å². The van der Waals surface area contributed by atoms with Crippen LogP contribution in [-0.4, -0.2) is 24.4 Å². The van der Waals surface area contributed by atoms with Gasteiger partial charge in [0.15, 0.2) is 0 Å². The van der Waals surface area contributed by atoms with E-state index >= 15 is 0 Å². The topological polar surface area (TPSA) is 99.9 Å². The number of benzene rings is 1. The lowest BCUT2D eigenvalue weighted by atomic mass is 9.89. The summed E-state index contributed by atoms with van der Waals surface area (Å²) in [6.45, 7) is 6.06. The minimum atomic E-state index is -0.549. The van der Waals surface area contributed by atoms with Crippen molar-refractivity contribution in [2.45, 2.75) is 45.1 Å². The van der Waals surface area contributed by atoms with E-state index in [9.17, 15) is 4.79 Å². The molecule has 1 unspecified atom stereocenters. The van der Waals surface area contributed by atoms with Crippen LogP contribution in [0.3, 0.4) is 0 Å². The molecule has 1 heterocycles. The van der Waals surface area contributed by atoms with Crippen molar-refractivity contribution in [2.24, 2.45) is 10.7 Å². The first-order chi connectivity index (χ1) is 11.3. The molecule has 1 atom stereocenters. The van der Waals surface area contributed by atoms with Crippen LogP contribution in [0.25, 0.3) is 0 Å². The third-order valence-corrected chi connectivity index (χ3v) is 3.59. The first-order valence-corrected chi connectivity index (χ1v) is 7.98. The molecular weight excluding hydrogens is 306 g/mol. The number of nitrogens with zero attached hydrogens (tertiary/aromatic N) is 1. The third kappa shape index (κ3) is 5.01. The summed E-state index contributed by atoms with van der Waals surface area (Å²) >= 11 is 0. The van der Waals surface area contributed by atoms with Gasteiger partial charge in [-0.3, -0.25) is 4.99 Å². The number of esters is 1. The number of allylic oxidation sites excluding steroid dienone is 1. The number of nitrogens with two attached hydrogens (primary N) is 2. The Kier molecular flexibility index (Phi) is 5.49. The molecule has 130 valence electrons. The fourth-order valence-corrected chi connectivity index (χ4v) is 2.58. The lowest BCUT2D eigenvalue weighted by Crippen LogP contribution is -2.24. The Morgan fingerprint density at radius 1 is 1.46 bits per heavy atom. The summed E-state index contributed by atoms with van der Waals surface area (Å²) in [7, 11) is 0. The quantitative estimate of drug-likeness (QED) is 0.502. The van der Waals surface area contributed by atoms with Crippen molar-refractivity contribution in [1.82, 2.24) is 0 Å². The zero-order valence-corrected chi connectivity index (χ0v) is 14.4. The average Bonchev–Trinajstić information content (AvgIpc) is 2.50. The molecule has 1 aliphatic heterocycles. The number of carbonyl (C=O) groups is 1. The lowest BCUT2D eigenvalue weighted by Gasteiger charge is -2.26. The second-order valence-corrected chi connectivity index (χ2v) is 6.79. The molecule has 6 heteroatoms. The molecule has 0 aromatic heterocycles. The van der Waals surface area contributed by atoms with E-state index in [1.165, 1.54) is 12.4 Å². The van der Waals surface area contributed by atoms with Crippen LogP contribution >= 0.6 is 0 Å². The number of rotatable bonds is 4. The highest BCUT2D eigenvalue weighted by Gasteiger charge is 2.23. The smallest absolute Gasteiger partial charge is 0.349 e. The number of hydrogen-bond donors (Lipinski definition) is 2. The number of hydrogen-bond acceptors (Lipinski definition) is 6. The summed E-state index contributed by atoms with van der Waals surface area (Å²) in [5.41, 5.74) is 13.4. The van der Waals surface area contributed by atoms with Crippen molar-refractivity contribution in [3.63, 3.8) is 0 Å². The Bertz CT molecular complexity index is 660. The molecule has 0 fully saturated rings. The molecule has 1 aromatic rings. The molecule has 0 amide bonds. The summed E-state index contributed by atoms with van der Waals surface area (Å²) in [6, 6.07) is 5.62. The third-order valence-electron chi connectivity index (χ3n) is 3.59. The predicted molar refractivity (Wildman–Crippen MR) is 94.9 cm³/mol. The number of nitrogen functional groups attached to an aromatic ring is 1. The molecule has 0 aliphatic carbocycles. The molecule has 0 radical (unpaired) electrons. The van der Waals surface area contributed by atoms with E-state index in [2.05, 4.69) is 4.99 Å². The summed E-state index contributed by atoms with van der Waals surface area (Å²) in [6.07, 6.45) is 4.04. The minimum absolute atomic E-state index is 0.197. The highest BCUT2D eigenvalue weighted by atomic mass is 16.6. The minimum Gasteiger partial charge on any atom is -0.493 e. The first kappa shape index (κ1) is 17.8. The normalized spacial score (nSPS) is 18.1. The van der Waals surface area contributed by atoms with E-state index in [4.69, 9.17) is 20.9 Å². The predicted octanol–water partition coefficient (Wildman–Crippen LogP) is 2.74. The van der Waals surface area contributed by atoms with Gasteiger partial charge < -0.3 is 20.9 Å². The first-order valence-electron chi connectivity index (χ1n) is 7.98. The Hall–Kier alpha value is -2.50. The van der Waals surface area contributed by atoms with Crippen LogP contribution in [0.4, 0.5) is 5.69 Å². The second kappa shape index (κ2) is 7.38. The van der Waals surface area contributed by atoms with E-state index in [0.29, 0.717) is 24.4 Å². The van der Waals surface area contributed by atoms with Gasteiger partial charge in [-0.25, -0.2) is 4.79 Å². The maximum Gasteiger partial charge on any atom is 0.349 e. The van der Waals surface area contributed by atoms with Gasteiger partial charge in [0, 0.05) is 11.9 Å². The zero-order chi connectivity index (χ0) is 17.7. The average molecular weight is 331 g/mol. The standard InChI is InChI=1S/C18H25N3O3/c1-18(2,3)24-17(22)11-21-14(10-19)8-12-6-7-23-16-5-4-13(20)9-15(12)16/h4-5,9-12H,6-8,19-20H2,1-3H3/b14-10-,21-11?. The van der Waals surface area contributed by atoms with Gasteiger partial charge in [0.25, 0.3) is 0 Å². The van der Waals surface area contributed by atoms with Crippen LogP contribution < -0.4 is 16.2 Å². The van der Waals surface area contributed by atoms with Crippen LogP contribution in [0.2, 0.25) is 0 Å². The Morgan fingerprint density at radius 2 is 2.21 bits per heavy atom. The van der Waals surface area contributed by atoms with E-state index in [1.54, 1.807) is 0 Å². The Morgan fingerprint density at radius 3 is 2.88 bits per heavy atom. The van der Waals surface area contributed by atoms with Crippen molar-refractivity contribution >= 4 is 17.9 Å². The number of fused-ring (bicyclic) bond motifs is 1. The van der Waals surface area contributed by atoms with Gasteiger partial charge in [-0.1, -0.05) is 0 Å². The molecule has 1 aliphatic rings. The van der Waals surface area contributed by atoms with Crippen LogP contribution in [-0.2, 0) is 9.53 Å². The van der Waals surface area contributed by atoms with Crippen molar-refractivity contribution < 1.29 is 14.3 Å².